The van der Waals surface area contributed by atoms with Crippen LogP contribution in [-0.4, -0.2) is 36.2 Å². The number of nitrogens with one attached hydrogen (secondary N) is 1. The van der Waals surface area contributed by atoms with Crippen LogP contribution in [0.15, 0.2) is 12.1 Å². The molecule has 0 radical (unpaired) electrons. The summed E-state index contributed by atoms with van der Waals surface area (Å²) in [6.07, 6.45) is 2.38. The Kier molecular flexibility index (Phi) is 9.30. The summed E-state index contributed by atoms with van der Waals surface area (Å²) >= 11 is 0. The van der Waals surface area contributed by atoms with Gasteiger partial charge in [-0.05, 0) is 49.1 Å². The van der Waals surface area contributed by atoms with Crippen molar-refractivity contribution in [2.75, 3.05) is 26.2 Å². The van der Waals surface area contributed by atoms with Crippen LogP contribution in [0.2, 0.25) is 0 Å². The zero-order valence-corrected chi connectivity index (χ0v) is 14.8. The van der Waals surface area contributed by atoms with Gasteiger partial charge in [-0.15, -0.1) is 24.8 Å². The maximum absolute atomic E-state index is 9.72. The zero-order valence-electron chi connectivity index (χ0n) is 13.2. The van der Waals surface area contributed by atoms with Crippen LogP contribution in [0.1, 0.15) is 42.5 Å². The normalized spacial score (nSPS) is 16.7. The fraction of sp³-hybridized carbons (Fsp3) is 0.625. The quantitative estimate of drug-likeness (QED) is 0.883. The lowest BCUT2D eigenvalue weighted by Crippen LogP contribution is -2.45. The van der Waals surface area contributed by atoms with E-state index < -0.39 is 0 Å². The molecule has 3 nitrogen and oxygen atoms in total. The number of phenols is 1. The molecule has 1 aromatic carbocycles. The Bertz CT molecular complexity index is 411. The highest BCUT2D eigenvalue weighted by Crippen LogP contribution is 2.33. The Morgan fingerprint density at radius 3 is 2.14 bits per heavy atom. The zero-order chi connectivity index (χ0) is 13.8. The van der Waals surface area contributed by atoms with Crippen molar-refractivity contribution in [3.05, 3.63) is 28.8 Å². The van der Waals surface area contributed by atoms with Gasteiger partial charge in [-0.25, -0.2) is 0 Å². The van der Waals surface area contributed by atoms with Crippen LogP contribution in [-0.2, 0) is 0 Å². The Morgan fingerprint density at radius 1 is 1.14 bits per heavy atom. The van der Waals surface area contributed by atoms with Crippen LogP contribution in [0.4, 0.5) is 0 Å². The predicted molar refractivity (Wildman–Crippen MR) is 94.2 cm³/mol. The second-order valence-electron chi connectivity index (χ2n) is 5.58. The van der Waals surface area contributed by atoms with Crippen LogP contribution in [0, 0.1) is 13.8 Å². The molecule has 0 aromatic heterocycles. The SMILES string of the molecule is CCC[C@H](c1c(C)cc(O)cc1C)N1CCNCC1.Cl.Cl. The fourth-order valence-corrected chi connectivity index (χ4v) is 3.25. The van der Waals surface area contributed by atoms with E-state index in [-0.39, 0.29) is 24.8 Å². The lowest BCUT2D eigenvalue weighted by molar-refractivity contribution is 0.163. The molecule has 0 saturated carbocycles. The number of nitrogens with zero attached hydrogens (tertiary/aromatic N) is 1. The van der Waals surface area contributed by atoms with E-state index in [1.165, 1.54) is 29.5 Å². The first kappa shape index (κ1) is 20.5. The summed E-state index contributed by atoms with van der Waals surface area (Å²) in [6.45, 7) is 10.9. The summed E-state index contributed by atoms with van der Waals surface area (Å²) in [5.41, 5.74) is 3.85. The number of benzene rings is 1. The van der Waals surface area contributed by atoms with Crippen molar-refractivity contribution in [2.24, 2.45) is 0 Å². The smallest absolute Gasteiger partial charge is 0.116 e. The third-order valence-electron chi connectivity index (χ3n) is 4.07. The largest absolute Gasteiger partial charge is 0.508 e. The standard InChI is InChI=1S/C16H26N2O.2ClH/c1-4-5-15(18-8-6-17-7-9-18)16-12(2)10-14(19)11-13(16)3;;/h10-11,15,17,19H,4-9H2,1-3H3;2*1H/t15-;;/m1../s1. The van der Waals surface area contributed by atoms with Gasteiger partial charge in [0.05, 0.1) is 0 Å². The molecular weight excluding hydrogens is 307 g/mol. The molecule has 1 saturated heterocycles. The summed E-state index contributed by atoms with van der Waals surface area (Å²) in [4.78, 5) is 2.59. The van der Waals surface area contributed by atoms with Crippen molar-refractivity contribution >= 4 is 24.8 Å². The number of hydrogen-bond donors (Lipinski definition) is 2. The summed E-state index contributed by atoms with van der Waals surface area (Å²) in [7, 11) is 0. The molecule has 0 spiro atoms. The van der Waals surface area contributed by atoms with Gasteiger partial charge in [0.25, 0.3) is 0 Å². The average molecular weight is 335 g/mol. The van der Waals surface area contributed by atoms with Gasteiger partial charge in [0, 0.05) is 32.2 Å². The lowest BCUT2D eigenvalue weighted by Gasteiger charge is -2.36. The Morgan fingerprint density at radius 2 is 1.67 bits per heavy atom. The van der Waals surface area contributed by atoms with Crippen LogP contribution >= 0.6 is 24.8 Å². The number of phenolic OH excluding ortho intramolecular Hbond substituents is 1. The number of aromatic hydroxyl groups is 1. The Labute approximate surface area is 140 Å². The van der Waals surface area contributed by atoms with Gasteiger partial charge in [0.2, 0.25) is 0 Å². The van der Waals surface area contributed by atoms with E-state index in [2.05, 4.69) is 31.0 Å². The number of piperazine rings is 1. The molecule has 122 valence electrons. The summed E-state index contributed by atoms with van der Waals surface area (Å²) in [6, 6.07) is 4.29. The highest BCUT2D eigenvalue weighted by Gasteiger charge is 2.24. The molecule has 0 amide bonds. The van der Waals surface area contributed by atoms with Crippen LogP contribution in [0.5, 0.6) is 5.75 Å². The Hall–Kier alpha value is -0.480. The van der Waals surface area contributed by atoms with E-state index in [0.29, 0.717) is 11.8 Å². The van der Waals surface area contributed by atoms with Crippen molar-refractivity contribution in [1.82, 2.24) is 10.2 Å². The topological polar surface area (TPSA) is 35.5 Å². The third kappa shape index (κ3) is 5.03. The molecule has 1 aliphatic rings. The first-order chi connectivity index (χ1) is 9.13. The van der Waals surface area contributed by atoms with Crippen LogP contribution < -0.4 is 5.32 Å². The van der Waals surface area contributed by atoms with Crippen molar-refractivity contribution < 1.29 is 5.11 Å². The van der Waals surface area contributed by atoms with E-state index in [1.54, 1.807) is 0 Å². The molecule has 1 fully saturated rings. The number of halogens is 2. The van der Waals surface area contributed by atoms with Gasteiger partial charge >= 0.3 is 0 Å². The van der Waals surface area contributed by atoms with Gasteiger partial charge in [0.15, 0.2) is 0 Å². The molecule has 1 aromatic rings. The maximum atomic E-state index is 9.72. The van der Waals surface area contributed by atoms with Crippen molar-refractivity contribution in [2.45, 2.75) is 39.7 Å². The van der Waals surface area contributed by atoms with E-state index >= 15 is 0 Å². The fourth-order valence-electron chi connectivity index (χ4n) is 3.25. The summed E-state index contributed by atoms with van der Waals surface area (Å²) in [5.74, 6) is 0.384. The van der Waals surface area contributed by atoms with Gasteiger partial charge in [-0.1, -0.05) is 13.3 Å². The number of aryl methyl sites for hydroxylation is 2. The van der Waals surface area contributed by atoms with Gasteiger partial charge in [-0.2, -0.15) is 0 Å². The monoisotopic (exact) mass is 334 g/mol. The highest BCUT2D eigenvalue weighted by molar-refractivity contribution is 5.85. The molecule has 5 heteroatoms. The van der Waals surface area contributed by atoms with E-state index in [1.807, 2.05) is 12.1 Å². The van der Waals surface area contributed by atoms with E-state index in [9.17, 15) is 5.11 Å². The van der Waals surface area contributed by atoms with E-state index in [4.69, 9.17) is 0 Å². The second-order valence-corrected chi connectivity index (χ2v) is 5.58. The minimum atomic E-state index is 0. The first-order valence-corrected chi connectivity index (χ1v) is 7.38. The number of hydrogen-bond acceptors (Lipinski definition) is 3. The third-order valence-corrected chi connectivity index (χ3v) is 4.07. The lowest BCUT2D eigenvalue weighted by atomic mass is 9.91. The molecule has 0 unspecified atom stereocenters. The molecule has 2 rings (SSSR count). The molecule has 0 bridgehead atoms. The molecule has 1 atom stereocenters. The molecule has 1 heterocycles. The molecule has 1 aliphatic heterocycles. The molecule has 21 heavy (non-hydrogen) atoms. The second kappa shape index (κ2) is 9.52. The van der Waals surface area contributed by atoms with Gasteiger partial charge in [0.1, 0.15) is 5.75 Å². The first-order valence-electron chi connectivity index (χ1n) is 7.38. The van der Waals surface area contributed by atoms with E-state index in [0.717, 1.165) is 26.2 Å². The van der Waals surface area contributed by atoms with Crippen LogP contribution in [0.25, 0.3) is 0 Å². The van der Waals surface area contributed by atoms with Crippen molar-refractivity contribution in [3.63, 3.8) is 0 Å². The molecular formula is C16H28Cl2N2O. The number of rotatable bonds is 4. The van der Waals surface area contributed by atoms with Crippen molar-refractivity contribution in [1.29, 1.82) is 0 Å². The minimum Gasteiger partial charge on any atom is -0.508 e. The Balaban J connectivity index is 0.00000200. The summed E-state index contributed by atoms with van der Waals surface area (Å²) in [5, 5.41) is 13.1. The maximum Gasteiger partial charge on any atom is 0.116 e. The average Bonchev–Trinajstić information content (AvgIpc) is 2.37. The predicted octanol–water partition coefficient (Wildman–Crippen LogP) is 3.60. The minimum absolute atomic E-state index is 0. The van der Waals surface area contributed by atoms with Crippen LogP contribution in [0.3, 0.4) is 0 Å². The molecule has 0 aliphatic carbocycles. The summed E-state index contributed by atoms with van der Waals surface area (Å²) < 4.78 is 0. The van der Waals surface area contributed by atoms with Crippen molar-refractivity contribution in [3.8, 4) is 5.75 Å². The van der Waals surface area contributed by atoms with Gasteiger partial charge in [-0.3, -0.25) is 4.90 Å². The van der Waals surface area contributed by atoms with Gasteiger partial charge < -0.3 is 10.4 Å². The molecule has 2 N–H and O–H groups in total. The highest BCUT2D eigenvalue weighted by atomic mass is 35.5.